The number of rotatable bonds is 3. The topological polar surface area (TPSA) is 15.3 Å². The molecule has 0 aliphatic carbocycles. The van der Waals surface area contributed by atoms with Crippen LogP contribution >= 0.6 is 0 Å². The molecule has 3 heteroatoms. The highest BCUT2D eigenvalue weighted by atomic mass is 19.1. The van der Waals surface area contributed by atoms with Gasteiger partial charge in [0.15, 0.2) is 0 Å². The van der Waals surface area contributed by atoms with Crippen LogP contribution in [0.3, 0.4) is 0 Å². The van der Waals surface area contributed by atoms with Gasteiger partial charge >= 0.3 is 0 Å². The highest BCUT2D eigenvalue weighted by Crippen LogP contribution is 2.26. The summed E-state index contributed by atoms with van der Waals surface area (Å²) in [6.07, 6.45) is 5.32. The Bertz CT molecular complexity index is 446. The second kappa shape index (κ2) is 6.23. The summed E-state index contributed by atoms with van der Waals surface area (Å²) in [7, 11) is 0. The first-order valence-corrected chi connectivity index (χ1v) is 7.93. The molecule has 110 valence electrons. The van der Waals surface area contributed by atoms with Crippen molar-refractivity contribution in [1.29, 1.82) is 0 Å². The predicted molar refractivity (Wildman–Crippen MR) is 80.2 cm³/mol. The minimum absolute atomic E-state index is 0.0974. The van der Waals surface area contributed by atoms with Crippen LogP contribution in [0.15, 0.2) is 18.2 Å². The van der Waals surface area contributed by atoms with Gasteiger partial charge in [0, 0.05) is 12.6 Å². The first-order chi connectivity index (χ1) is 9.72. The van der Waals surface area contributed by atoms with Crippen LogP contribution in [0.1, 0.15) is 36.8 Å². The van der Waals surface area contributed by atoms with Gasteiger partial charge in [0.2, 0.25) is 0 Å². The van der Waals surface area contributed by atoms with Gasteiger partial charge in [-0.25, -0.2) is 4.39 Å². The van der Waals surface area contributed by atoms with Gasteiger partial charge in [-0.2, -0.15) is 0 Å². The van der Waals surface area contributed by atoms with Crippen LogP contribution < -0.4 is 5.32 Å². The number of benzene rings is 1. The Morgan fingerprint density at radius 1 is 1.25 bits per heavy atom. The highest BCUT2D eigenvalue weighted by Gasteiger charge is 2.28. The van der Waals surface area contributed by atoms with Gasteiger partial charge in [-0.3, -0.25) is 4.90 Å². The monoisotopic (exact) mass is 276 g/mol. The lowest BCUT2D eigenvalue weighted by atomic mass is 9.88. The molecule has 2 heterocycles. The molecule has 2 aliphatic heterocycles. The third-order valence-electron chi connectivity index (χ3n) is 4.93. The van der Waals surface area contributed by atoms with Crippen LogP contribution in [-0.4, -0.2) is 30.6 Å². The van der Waals surface area contributed by atoms with Crippen molar-refractivity contribution in [3.63, 3.8) is 0 Å². The zero-order valence-corrected chi connectivity index (χ0v) is 12.4. The number of likely N-dealkylation sites (tertiary alicyclic amines) is 1. The molecule has 0 bridgehead atoms. The summed E-state index contributed by atoms with van der Waals surface area (Å²) in [5.41, 5.74) is 1.99. The molecule has 20 heavy (non-hydrogen) atoms. The zero-order valence-electron chi connectivity index (χ0n) is 12.4. The number of piperidine rings is 1. The van der Waals surface area contributed by atoms with Crippen molar-refractivity contribution in [3.8, 4) is 0 Å². The molecular weight excluding hydrogens is 251 g/mol. The first-order valence-electron chi connectivity index (χ1n) is 7.93. The van der Waals surface area contributed by atoms with E-state index in [0.29, 0.717) is 0 Å². The maximum atomic E-state index is 13.3. The second-order valence-electron chi connectivity index (χ2n) is 6.40. The number of hydrogen-bond acceptors (Lipinski definition) is 2. The van der Waals surface area contributed by atoms with Gasteiger partial charge in [-0.05, 0) is 75.4 Å². The fourth-order valence-electron chi connectivity index (χ4n) is 3.69. The van der Waals surface area contributed by atoms with Crippen molar-refractivity contribution in [2.24, 2.45) is 5.92 Å². The maximum absolute atomic E-state index is 13.3. The van der Waals surface area contributed by atoms with Gasteiger partial charge in [0.1, 0.15) is 5.82 Å². The molecule has 2 fully saturated rings. The quantitative estimate of drug-likeness (QED) is 0.912. The number of hydrogen-bond donors (Lipinski definition) is 1. The molecule has 1 atom stereocenters. The van der Waals surface area contributed by atoms with E-state index in [9.17, 15) is 4.39 Å². The van der Waals surface area contributed by atoms with Gasteiger partial charge in [0.25, 0.3) is 0 Å². The maximum Gasteiger partial charge on any atom is 0.126 e. The Morgan fingerprint density at radius 2 is 2.05 bits per heavy atom. The summed E-state index contributed by atoms with van der Waals surface area (Å²) in [4.78, 5) is 2.51. The molecule has 2 saturated heterocycles. The van der Waals surface area contributed by atoms with Gasteiger partial charge in [-0.1, -0.05) is 12.1 Å². The molecular formula is C17H25FN2. The lowest BCUT2D eigenvalue weighted by molar-refractivity contribution is 0.157. The molecule has 1 aromatic carbocycles. The summed E-state index contributed by atoms with van der Waals surface area (Å²) >= 11 is 0. The fraction of sp³-hybridized carbons (Fsp3) is 0.647. The number of halogens is 1. The summed E-state index contributed by atoms with van der Waals surface area (Å²) < 4.78 is 13.3. The molecule has 1 unspecified atom stereocenters. The van der Waals surface area contributed by atoms with Crippen LogP contribution in [0.2, 0.25) is 0 Å². The van der Waals surface area contributed by atoms with Crippen molar-refractivity contribution in [3.05, 3.63) is 35.1 Å². The fourth-order valence-corrected chi connectivity index (χ4v) is 3.69. The third-order valence-corrected chi connectivity index (χ3v) is 4.93. The summed E-state index contributed by atoms with van der Waals surface area (Å²) in [6.45, 7) is 6.38. The van der Waals surface area contributed by atoms with E-state index < -0.39 is 0 Å². The van der Waals surface area contributed by atoms with E-state index in [4.69, 9.17) is 0 Å². The Hall–Kier alpha value is -0.930. The smallest absolute Gasteiger partial charge is 0.126 e. The minimum atomic E-state index is -0.0974. The van der Waals surface area contributed by atoms with Crippen LogP contribution in [0.25, 0.3) is 0 Å². The van der Waals surface area contributed by atoms with E-state index in [-0.39, 0.29) is 5.82 Å². The van der Waals surface area contributed by atoms with Crippen LogP contribution in [0, 0.1) is 18.7 Å². The van der Waals surface area contributed by atoms with Crippen LogP contribution in [0.5, 0.6) is 0 Å². The molecule has 0 spiro atoms. The second-order valence-corrected chi connectivity index (χ2v) is 6.40. The number of nitrogens with zero attached hydrogens (tertiary/aromatic N) is 1. The Balaban J connectivity index is 1.51. The predicted octanol–water partition coefficient (Wildman–Crippen LogP) is 3.10. The zero-order chi connectivity index (χ0) is 13.9. The van der Waals surface area contributed by atoms with Crippen molar-refractivity contribution < 1.29 is 4.39 Å². The summed E-state index contributed by atoms with van der Waals surface area (Å²) in [6, 6.07) is 6.28. The summed E-state index contributed by atoms with van der Waals surface area (Å²) in [5, 5.41) is 3.64. The third kappa shape index (κ3) is 3.21. The Kier molecular flexibility index (Phi) is 4.37. The number of aryl methyl sites for hydroxylation is 1. The van der Waals surface area contributed by atoms with Crippen molar-refractivity contribution in [2.75, 3.05) is 19.6 Å². The molecule has 3 rings (SSSR count). The highest BCUT2D eigenvalue weighted by molar-refractivity contribution is 5.23. The average Bonchev–Trinajstić information content (AvgIpc) is 2.98. The van der Waals surface area contributed by atoms with E-state index in [2.05, 4.69) is 10.2 Å². The SMILES string of the molecule is Cc1cc(CN2CCC(C3CCCN3)CC2)ccc1F. The van der Waals surface area contributed by atoms with E-state index in [1.165, 1.54) is 50.9 Å². The van der Waals surface area contributed by atoms with Gasteiger partial charge in [0.05, 0.1) is 0 Å². The standard InChI is InChI=1S/C17H25FN2/c1-13-11-14(4-5-16(13)18)12-20-9-6-15(7-10-20)17-3-2-8-19-17/h4-5,11,15,17,19H,2-3,6-10,12H2,1H3. The molecule has 0 radical (unpaired) electrons. The summed E-state index contributed by atoms with van der Waals surface area (Å²) in [5.74, 6) is 0.767. The van der Waals surface area contributed by atoms with Gasteiger partial charge < -0.3 is 5.32 Å². The number of nitrogens with one attached hydrogen (secondary N) is 1. The molecule has 2 nitrogen and oxygen atoms in total. The molecule has 0 aromatic heterocycles. The lowest BCUT2D eigenvalue weighted by Gasteiger charge is -2.35. The molecule has 0 amide bonds. The lowest BCUT2D eigenvalue weighted by Crippen LogP contribution is -2.40. The van der Waals surface area contributed by atoms with E-state index in [1.807, 2.05) is 19.1 Å². The molecule has 2 aliphatic rings. The molecule has 1 aromatic rings. The van der Waals surface area contributed by atoms with Crippen LogP contribution in [0.4, 0.5) is 4.39 Å². The van der Waals surface area contributed by atoms with Crippen LogP contribution in [-0.2, 0) is 6.54 Å². The normalized spacial score (nSPS) is 25.2. The first kappa shape index (κ1) is 14.0. The van der Waals surface area contributed by atoms with E-state index in [1.54, 1.807) is 6.07 Å². The van der Waals surface area contributed by atoms with E-state index >= 15 is 0 Å². The van der Waals surface area contributed by atoms with Crippen molar-refractivity contribution in [1.82, 2.24) is 10.2 Å². The Labute approximate surface area is 121 Å². The molecule has 1 N–H and O–H groups in total. The Morgan fingerprint density at radius 3 is 2.70 bits per heavy atom. The minimum Gasteiger partial charge on any atom is -0.314 e. The van der Waals surface area contributed by atoms with Crippen molar-refractivity contribution >= 4 is 0 Å². The van der Waals surface area contributed by atoms with E-state index in [0.717, 1.165) is 24.1 Å². The molecule has 0 saturated carbocycles. The largest absolute Gasteiger partial charge is 0.314 e. The van der Waals surface area contributed by atoms with Crippen molar-refractivity contribution in [2.45, 2.75) is 45.2 Å². The van der Waals surface area contributed by atoms with Gasteiger partial charge in [-0.15, -0.1) is 0 Å². The average molecular weight is 276 g/mol.